The summed E-state index contributed by atoms with van der Waals surface area (Å²) >= 11 is 5.57. The van der Waals surface area contributed by atoms with E-state index in [0.717, 1.165) is 5.56 Å². The lowest BCUT2D eigenvalue weighted by Gasteiger charge is -1.98. The molecule has 0 bridgehead atoms. The Balaban J connectivity index is 2.39. The van der Waals surface area contributed by atoms with Crippen molar-refractivity contribution in [3.05, 3.63) is 39.8 Å². The third kappa shape index (κ3) is 2.65. The fourth-order valence-corrected chi connectivity index (χ4v) is 1.71. The van der Waals surface area contributed by atoms with E-state index in [1.807, 2.05) is 0 Å². The maximum atomic E-state index is 10.8. The molecule has 1 heterocycles. The molecule has 7 heteroatoms. The van der Waals surface area contributed by atoms with Crippen LogP contribution in [-0.2, 0) is 6.42 Å². The van der Waals surface area contributed by atoms with Crippen LogP contribution in [0.5, 0.6) is 0 Å². The zero-order valence-electron chi connectivity index (χ0n) is 9.59. The monoisotopic (exact) mass is 267 g/mol. The summed E-state index contributed by atoms with van der Waals surface area (Å²) in [6.45, 7) is 1.77. The molecular weight excluding hydrogens is 258 g/mol. The first-order chi connectivity index (χ1) is 8.60. The third-order valence-corrected chi connectivity index (χ3v) is 2.48. The van der Waals surface area contributed by atoms with Gasteiger partial charge in [-0.15, -0.1) is 21.8 Å². The first-order valence-corrected chi connectivity index (χ1v) is 5.78. The number of non-ortho nitro benzene ring substituents is 1. The van der Waals surface area contributed by atoms with E-state index in [0.29, 0.717) is 23.8 Å². The van der Waals surface area contributed by atoms with Gasteiger partial charge in [-0.05, 0) is 18.6 Å². The minimum Gasteiger partial charge on any atom is -0.421 e. The minimum absolute atomic E-state index is 0.00194. The molecule has 0 amide bonds. The summed E-state index contributed by atoms with van der Waals surface area (Å²) in [6.07, 6.45) is 0.475. The van der Waals surface area contributed by atoms with Crippen LogP contribution in [0.4, 0.5) is 5.69 Å². The Morgan fingerprint density at radius 3 is 2.83 bits per heavy atom. The summed E-state index contributed by atoms with van der Waals surface area (Å²) in [5, 5.41) is 18.4. The topological polar surface area (TPSA) is 82.1 Å². The molecule has 1 aromatic carbocycles. The van der Waals surface area contributed by atoms with Crippen LogP contribution in [-0.4, -0.2) is 21.0 Å². The van der Waals surface area contributed by atoms with Crippen LogP contribution >= 0.6 is 11.6 Å². The molecule has 0 aliphatic carbocycles. The highest BCUT2D eigenvalue weighted by atomic mass is 35.5. The van der Waals surface area contributed by atoms with Crippen molar-refractivity contribution in [2.75, 3.05) is 5.88 Å². The van der Waals surface area contributed by atoms with Crippen LogP contribution in [0.1, 0.15) is 11.5 Å². The van der Waals surface area contributed by atoms with Crippen LogP contribution in [0.2, 0.25) is 0 Å². The normalized spacial score (nSPS) is 10.6. The predicted molar refractivity (Wildman–Crippen MR) is 65.5 cm³/mol. The first kappa shape index (κ1) is 12.5. The SMILES string of the molecule is Cc1cc(-c2nnc(CCCl)o2)cc([N+](=O)[O-])c1. The van der Waals surface area contributed by atoms with E-state index in [2.05, 4.69) is 10.2 Å². The maximum absolute atomic E-state index is 10.8. The molecule has 94 valence electrons. The highest BCUT2D eigenvalue weighted by molar-refractivity contribution is 6.17. The van der Waals surface area contributed by atoms with Crippen LogP contribution < -0.4 is 0 Å². The predicted octanol–water partition coefficient (Wildman–Crippen LogP) is 2.73. The lowest BCUT2D eigenvalue weighted by Crippen LogP contribution is -1.90. The zero-order chi connectivity index (χ0) is 13.1. The number of rotatable bonds is 4. The number of benzene rings is 1. The second-order valence-electron chi connectivity index (χ2n) is 3.75. The average Bonchev–Trinajstić information content (AvgIpc) is 2.77. The maximum Gasteiger partial charge on any atom is 0.270 e. The van der Waals surface area contributed by atoms with Gasteiger partial charge in [-0.1, -0.05) is 0 Å². The molecule has 0 fully saturated rings. The molecule has 0 unspecified atom stereocenters. The van der Waals surface area contributed by atoms with E-state index in [9.17, 15) is 10.1 Å². The summed E-state index contributed by atoms with van der Waals surface area (Å²) in [6, 6.07) is 4.65. The fourth-order valence-electron chi connectivity index (χ4n) is 1.54. The van der Waals surface area contributed by atoms with Crippen molar-refractivity contribution in [3.8, 4) is 11.5 Å². The molecule has 2 aromatic rings. The number of nitro groups is 1. The average molecular weight is 268 g/mol. The molecule has 6 nitrogen and oxygen atoms in total. The van der Waals surface area contributed by atoms with Crippen molar-refractivity contribution in [1.29, 1.82) is 0 Å². The molecular formula is C11H10ClN3O3. The third-order valence-electron chi connectivity index (χ3n) is 2.30. The van der Waals surface area contributed by atoms with E-state index >= 15 is 0 Å². The number of hydrogen-bond acceptors (Lipinski definition) is 5. The van der Waals surface area contributed by atoms with Gasteiger partial charge in [0, 0.05) is 30.0 Å². The van der Waals surface area contributed by atoms with Crippen molar-refractivity contribution in [3.63, 3.8) is 0 Å². The van der Waals surface area contributed by atoms with Crippen molar-refractivity contribution >= 4 is 17.3 Å². The number of aryl methyl sites for hydroxylation is 2. The Labute approximate surface area is 108 Å². The van der Waals surface area contributed by atoms with Gasteiger partial charge in [0.1, 0.15) is 0 Å². The van der Waals surface area contributed by atoms with Gasteiger partial charge < -0.3 is 4.42 Å². The molecule has 0 atom stereocenters. The molecule has 1 aromatic heterocycles. The van der Waals surface area contributed by atoms with E-state index in [1.165, 1.54) is 12.1 Å². The Hall–Kier alpha value is -1.95. The summed E-state index contributed by atoms with van der Waals surface area (Å²) in [4.78, 5) is 10.3. The number of alkyl halides is 1. The van der Waals surface area contributed by atoms with Gasteiger partial charge in [0.05, 0.1) is 4.92 Å². The van der Waals surface area contributed by atoms with Crippen LogP contribution in [0, 0.1) is 17.0 Å². The van der Waals surface area contributed by atoms with E-state index in [4.69, 9.17) is 16.0 Å². The van der Waals surface area contributed by atoms with Gasteiger partial charge in [0.25, 0.3) is 5.69 Å². The second kappa shape index (κ2) is 5.14. The molecule has 0 spiro atoms. The van der Waals surface area contributed by atoms with E-state index < -0.39 is 4.92 Å². The highest BCUT2D eigenvalue weighted by Gasteiger charge is 2.13. The van der Waals surface area contributed by atoms with Gasteiger partial charge in [-0.25, -0.2) is 0 Å². The Morgan fingerprint density at radius 2 is 2.17 bits per heavy atom. The van der Waals surface area contributed by atoms with Gasteiger partial charge in [0.2, 0.25) is 11.8 Å². The van der Waals surface area contributed by atoms with Gasteiger partial charge in [0.15, 0.2) is 0 Å². The standard InChI is InChI=1S/C11H10ClN3O3/c1-7-4-8(6-9(5-7)15(16)17)11-14-13-10(18-11)2-3-12/h4-6H,2-3H2,1H3. The summed E-state index contributed by atoms with van der Waals surface area (Å²) in [7, 11) is 0. The minimum atomic E-state index is -0.452. The van der Waals surface area contributed by atoms with Crippen LogP contribution in [0.25, 0.3) is 11.5 Å². The molecule has 0 aliphatic rings. The highest BCUT2D eigenvalue weighted by Crippen LogP contribution is 2.25. The van der Waals surface area contributed by atoms with Crippen molar-refractivity contribution < 1.29 is 9.34 Å². The van der Waals surface area contributed by atoms with Crippen LogP contribution in [0.3, 0.4) is 0 Å². The van der Waals surface area contributed by atoms with Crippen molar-refractivity contribution in [2.24, 2.45) is 0 Å². The first-order valence-electron chi connectivity index (χ1n) is 5.25. The number of halogens is 1. The largest absolute Gasteiger partial charge is 0.421 e. The number of nitrogens with zero attached hydrogens (tertiary/aromatic N) is 3. The lowest BCUT2D eigenvalue weighted by atomic mass is 10.1. The Kier molecular flexibility index (Phi) is 3.57. The molecule has 0 saturated heterocycles. The fraction of sp³-hybridized carbons (Fsp3) is 0.273. The van der Waals surface area contributed by atoms with E-state index in [1.54, 1.807) is 13.0 Å². The molecule has 0 radical (unpaired) electrons. The molecule has 18 heavy (non-hydrogen) atoms. The Bertz CT molecular complexity index is 583. The van der Waals surface area contributed by atoms with Crippen LogP contribution in [0.15, 0.2) is 22.6 Å². The number of aromatic nitrogens is 2. The van der Waals surface area contributed by atoms with Crippen molar-refractivity contribution in [2.45, 2.75) is 13.3 Å². The molecule has 0 N–H and O–H groups in total. The number of nitro benzene ring substituents is 1. The molecule has 0 aliphatic heterocycles. The molecule has 0 saturated carbocycles. The summed E-state index contributed by atoms with van der Waals surface area (Å²) in [5.74, 6) is 1.07. The summed E-state index contributed by atoms with van der Waals surface area (Å²) in [5.41, 5.74) is 1.30. The van der Waals surface area contributed by atoms with Gasteiger partial charge in [-0.3, -0.25) is 10.1 Å². The molecule has 2 rings (SSSR count). The van der Waals surface area contributed by atoms with Gasteiger partial charge >= 0.3 is 0 Å². The summed E-state index contributed by atoms with van der Waals surface area (Å²) < 4.78 is 5.37. The quantitative estimate of drug-likeness (QED) is 0.483. The number of hydrogen-bond donors (Lipinski definition) is 0. The Morgan fingerprint density at radius 1 is 1.39 bits per heavy atom. The van der Waals surface area contributed by atoms with E-state index in [-0.39, 0.29) is 11.6 Å². The smallest absolute Gasteiger partial charge is 0.270 e. The lowest BCUT2D eigenvalue weighted by molar-refractivity contribution is -0.384. The van der Waals surface area contributed by atoms with Gasteiger partial charge in [-0.2, -0.15) is 0 Å². The van der Waals surface area contributed by atoms with Crippen molar-refractivity contribution in [1.82, 2.24) is 10.2 Å². The second-order valence-corrected chi connectivity index (χ2v) is 4.13. The zero-order valence-corrected chi connectivity index (χ0v) is 10.3.